The number of nitrogens with one attached hydrogen (secondary N) is 1. The molecule has 0 bridgehead atoms. The molecule has 7 heteroatoms. The third kappa shape index (κ3) is 5.40. The van der Waals surface area contributed by atoms with Crippen LogP contribution >= 0.6 is 0 Å². The highest BCUT2D eigenvalue weighted by atomic mass is 16.4. The fourth-order valence-corrected chi connectivity index (χ4v) is 3.72. The summed E-state index contributed by atoms with van der Waals surface area (Å²) in [6.07, 6.45) is 4.14. The number of carbonyl (C=O) groups excluding carboxylic acids is 2. The number of piperidine rings is 1. The lowest BCUT2D eigenvalue weighted by atomic mass is 9.90. The normalized spacial score (nSPS) is 20.0. The van der Waals surface area contributed by atoms with Gasteiger partial charge in [0, 0.05) is 37.5 Å². The summed E-state index contributed by atoms with van der Waals surface area (Å²) in [6.45, 7) is 2.57. The Labute approximate surface area is 169 Å². The standard InChI is InChI=1S/C22H25N3O4/c1-15-10-18(22(28)29)14-25(13-15)21(27)19(11-16-6-5-9-23-12-16)24-20(26)17-7-3-2-4-8-17/h2-9,12,15,18-19H,10-11,13-14H2,1H3,(H,24,26)(H,28,29). The predicted molar refractivity (Wildman–Crippen MR) is 107 cm³/mol. The van der Waals surface area contributed by atoms with E-state index >= 15 is 0 Å². The molecule has 1 aliphatic rings. The zero-order valence-electron chi connectivity index (χ0n) is 16.3. The van der Waals surface area contributed by atoms with Crippen molar-refractivity contribution in [1.29, 1.82) is 0 Å². The van der Waals surface area contributed by atoms with Crippen LogP contribution in [0.5, 0.6) is 0 Å². The molecule has 1 fully saturated rings. The second kappa shape index (κ2) is 9.32. The molecule has 2 heterocycles. The summed E-state index contributed by atoms with van der Waals surface area (Å²) in [4.78, 5) is 43.1. The zero-order chi connectivity index (χ0) is 20.8. The largest absolute Gasteiger partial charge is 0.481 e. The minimum Gasteiger partial charge on any atom is -0.481 e. The van der Waals surface area contributed by atoms with Gasteiger partial charge >= 0.3 is 5.97 Å². The van der Waals surface area contributed by atoms with Crippen LogP contribution in [-0.2, 0) is 16.0 Å². The predicted octanol–water partition coefficient (Wildman–Crippen LogP) is 1.99. The molecule has 1 aromatic heterocycles. The van der Waals surface area contributed by atoms with Crippen molar-refractivity contribution in [3.63, 3.8) is 0 Å². The van der Waals surface area contributed by atoms with Crippen molar-refractivity contribution in [2.45, 2.75) is 25.8 Å². The summed E-state index contributed by atoms with van der Waals surface area (Å²) in [5.74, 6) is -2.01. The first-order valence-electron chi connectivity index (χ1n) is 9.70. The van der Waals surface area contributed by atoms with Gasteiger partial charge < -0.3 is 15.3 Å². The number of amides is 2. The van der Waals surface area contributed by atoms with Crippen LogP contribution in [0.3, 0.4) is 0 Å². The molecule has 2 N–H and O–H groups in total. The smallest absolute Gasteiger partial charge is 0.308 e. The molecule has 1 aliphatic heterocycles. The van der Waals surface area contributed by atoms with E-state index in [9.17, 15) is 19.5 Å². The summed E-state index contributed by atoms with van der Waals surface area (Å²) in [5.41, 5.74) is 1.28. The molecular formula is C22H25N3O4. The van der Waals surface area contributed by atoms with E-state index in [-0.39, 0.29) is 30.7 Å². The van der Waals surface area contributed by atoms with Gasteiger partial charge in [-0.2, -0.15) is 0 Å². The number of likely N-dealkylation sites (tertiary alicyclic amines) is 1. The molecule has 0 spiro atoms. The van der Waals surface area contributed by atoms with Crippen LogP contribution in [0.15, 0.2) is 54.9 Å². The summed E-state index contributed by atoms with van der Waals surface area (Å²) in [6, 6.07) is 11.5. The Balaban J connectivity index is 1.80. The maximum atomic E-state index is 13.3. The van der Waals surface area contributed by atoms with Crippen LogP contribution in [-0.4, -0.2) is 51.9 Å². The Morgan fingerprint density at radius 3 is 2.59 bits per heavy atom. The maximum absolute atomic E-state index is 13.3. The number of aromatic nitrogens is 1. The molecule has 1 aromatic carbocycles. The highest BCUT2D eigenvalue weighted by molar-refractivity contribution is 5.97. The monoisotopic (exact) mass is 395 g/mol. The maximum Gasteiger partial charge on any atom is 0.308 e. The molecule has 7 nitrogen and oxygen atoms in total. The van der Waals surface area contributed by atoms with Crippen LogP contribution in [0.4, 0.5) is 0 Å². The first-order valence-corrected chi connectivity index (χ1v) is 9.70. The number of hydrogen-bond donors (Lipinski definition) is 2. The lowest BCUT2D eigenvalue weighted by molar-refractivity contribution is -0.147. The third-order valence-corrected chi connectivity index (χ3v) is 5.12. The lowest BCUT2D eigenvalue weighted by Gasteiger charge is -2.36. The zero-order valence-corrected chi connectivity index (χ0v) is 16.3. The van der Waals surface area contributed by atoms with Crippen molar-refractivity contribution in [3.05, 3.63) is 66.0 Å². The minimum absolute atomic E-state index is 0.0812. The van der Waals surface area contributed by atoms with E-state index in [0.717, 1.165) is 5.56 Å². The van der Waals surface area contributed by atoms with E-state index < -0.39 is 17.9 Å². The third-order valence-electron chi connectivity index (χ3n) is 5.12. The second-order valence-corrected chi connectivity index (χ2v) is 7.58. The number of pyridine rings is 1. The van der Waals surface area contributed by atoms with Gasteiger partial charge in [-0.05, 0) is 36.1 Å². The molecule has 2 amide bonds. The molecule has 29 heavy (non-hydrogen) atoms. The van der Waals surface area contributed by atoms with Gasteiger partial charge in [0.1, 0.15) is 6.04 Å². The number of carboxylic acid groups (broad SMARTS) is 1. The van der Waals surface area contributed by atoms with Gasteiger partial charge in [-0.25, -0.2) is 0 Å². The van der Waals surface area contributed by atoms with Crippen LogP contribution < -0.4 is 5.32 Å². The van der Waals surface area contributed by atoms with Gasteiger partial charge in [0.2, 0.25) is 5.91 Å². The number of rotatable bonds is 6. The fourth-order valence-electron chi connectivity index (χ4n) is 3.72. The second-order valence-electron chi connectivity index (χ2n) is 7.58. The molecule has 0 saturated carbocycles. The Hall–Kier alpha value is -3.22. The number of aliphatic carboxylic acids is 1. The van der Waals surface area contributed by atoms with Gasteiger partial charge in [0.15, 0.2) is 0 Å². The summed E-state index contributed by atoms with van der Waals surface area (Å²) in [5, 5.41) is 12.2. The molecule has 0 radical (unpaired) electrons. The van der Waals surface area contributed by atoms with E-state index in [0.29, 0.717) is 18.5 Å². The summed E-state index contributed by atoms with van der Waals surface area (Å²) in [7, 11) is 0. The SMILES string of the molecule is CC1CC(C(=O)O)CN(C(=O)C(Cc2cccnc2)NC(=O)c2ccccc2)C1. The van der Waals surface area contributed by atoms with Crippen LogP contribution in [0, 0.1) is 11.8 Å². The molecular weight excluding hydrogens is 370 g/mol. The first kappa shape index (κ1) is 20.5. The molecule has 1 saturated heterocycles. The fraction of sp³-hybridized carbons (Fsp3) is 0.364. The van der Waals surface area contributed by atoms with E-state index in [1.54, 1.807) is 47.6 Å². The summed E-state index contributed by atoms with van der Waals surface area (Å²) >= 11 is 0. The van der Waals surface area contributed by atoms with Gasteiger partial charge in [-0.3, -0.25) is 19.4 Å². The van der Waals surface area contributed by atoms with Gasteiger partial charge in [-0.15, -0.1) is 0 Å². The van der Waals surface area contributed by atoms with E-state index in [2.05, 4.69) is 10.3 Å². The van der Waals surface area contributed by atoms with Crippen molar-refractivity contribution in [1.82, 2.24) is 15.2 Å². The van der Waals surface area contributed by atoms with E-state index in [1.807, 2.05) is 19.1 Å². The van der Waals surface area contributed by atoms with Crippen LogP contribution in [0.1, 0.15) is 29.3 Å². The van der Waals surface area contributed by atoms with Crippen molar-refractivity contribution in [2.24, 2.45) is 11.8 Å². The number of nitrogens with zero attached hydrogens (tertiary/aromatic N) is 2. The summed E-state index contributed by atoms with van der Waals surface area (Å²) < 4.78 is 0. The van der Waals surface area contributed by atoms with Crippen LogP contribution in [0.2, 0.25) is 0 Å². The minimum atomic E-state index is -0.897. The topological polar surface area (TPSA) is 99.6 Å². The number of carboxylic acids is 1. The Bertz CT molecular complexity index is 857. The molecule has 3 unspecified atom stereocenters. The Kier molecular flexibility index (Phi) is 6.59. The highest BCUT2D eigenvalue weighted by Crippen LogP contribution is 2.23. The number of benzene rings is 1. The molecule has 3 rings (SSSR count). The van der Waals surface area contributed by atoms with Crippen LogP contribution in [0.25, 0.3) is 0 Å². The molecule has 2 aromatic rings. The quantitative estimate of drug-likeness (QED) is 0.779. The van der Waals surface area contributed by atoms with Crippen molar-refractivity contribution >= 4 is 17.8 Å². The van der Waals surface area contributed by atoms with Crippen molar-refractivity contribution < 1.29 is 19.5 Å². The lowest BCUT2D eigenvalue weighted by Crippen LogP contribution is -2.54. The Morgan fingerprint density at radius 2 is 1.93 bits per heavy atom. The first-order chi connectivity index (χ1) is 13.9. The molecule has 152 valence electrons. The van der Waals surface area contributed by atoms with Crippen molar-refractivity contribution in [2.75, 3.05) is 13.1 Å². The van der Waals surface area contributed by atoms with Gasteiger partial charge in [0.05, 0.1) is 5.92 Å². The molecule has 3 atom stereocenters. The van der Waals surface area contributed by atoms with E-state index in [4.69, 9.17) is 0 Å². The van der Waals surface area contributed by atoms with E-state index in [1.165, 1.54) is 0 Å². The average molecular weight is 395 g/mol. The van der Waals surface area contributed by atoms with Crippen molar-refractivity contribution in [3.8, 4) is 0 Å². The Morgan fingerprint density at radius 1 is 1.17 bits per heavy atom. The highest BCUT2D eigenvalue weighted by Gasteiger charge is 2.35. The number of carbonyl (C=O) groups is 3. The average Bonchev–Trinajstić information content (AvgIpc) is 2.73. The van der Waals surface area contributed by atoms with Gasteiger partial charge in [0.25, 0.3) is 5.91 Å². The number of hydrogen-bond acceptors (Lipinski definition) is 4. The molecule has 0 aliphatic carbocycles. The van der Waals surface area contributed by atoms with Gasteiger partial charge in [-0.1, -0.05) is 31.2 Å².